The Kier molecular flexibility index (Phi) is 17.0. The van der Waals surface area contributed by atoms with Gasteiger partial charge in [-0.3, -0.25) is 4.79 Å². The summed E-state index contributed by atoms with van der Waals surface area (Å²) in [5, 5.41) is 8.98. The summed E-state index contributed by atoms with van der Waals surface area (Å²) in [5.41, 5.74) is 8.91. The van der Waals surface area contributed by atoms with E-state index in [1.54, 1.807) is 0 Å². The Bertz CT molecular complexity index is 1190. The molecule has 1 heterocycles. The third-order valence-electron chi connectivity index (χ3n) is 5.21. The third kappa shape index (κ3) is 12.9. The average molecular weight is 572 g/mol. The Balaban J connectivity index is 0.000000734. The zero-order valence-corrected chi connectivity index (χ0v) is 25.0. The molecule has 0 aliphatic heterocycles. The minimum atomic E-state index is 0.250. The zero-order valence-electron chi connectivity index (χ0n) is 23.5. The molecule has 6 nitrogen and oxygen atoms in total. The Hall–Kier alpha value is -3.32. The maximum absolute atomic E-state index is 8.58. The maximum Gasteiger partial charge on any atom is 0.204 e. The Morgan fingerprint density at radius 3 is 2.26 bits per heavy atom. The standard InChI is InChI=1S/C25H24Cl2N2O.C5H13N.CH3NO/c1-4-23(27)24(15-10-18(2)26)29-25(16-19(3)28-29)21-11-13-22(14-12-21)30-17-20-8-6-5-7-9-20;1-3-4-5-6-2;2-1-3/h4-16H,17H2,1-3H3;6H,3-5H2,1-2H3;1H,(H2,2,3)/b18-10+,23-4+,24-15+;;. The number of rotatable bonds is 10. The lowest BCUT2D eigenvalue weighted by Gasteiger charge is -2.12. The molecular weight excluding hydrogens is 531 g/mol. The molecule has 39 heavy (non-hydrogen) atoms. The van der Waals surface area contributed by atoms with E-state index in [0.717, 1.165) is 40.5 Å². The fourth-order valence-electron chi connectivity index (χ4n) is 3.30. The van der Waals surface area contributed by atoms with Crippen LogP contribution in [0.1, 0.15) is 44.9 Å². The number of benzene rings is 2. The van der Waals surface area contributed by atoms with Crippen LogP contribution in [0.5, 0.6) is 5.75 Å². The van der Waals surface area contributed by atoms with Crippen molar-refractivity contribution in [1.82, 2.24) is 15.1 Å². The molecule has 0 unspecified atom stereocenters. The van der Waals surface area contributed by atoms with Crippen LogP contribution in [-0.4, -0.2) is 29.8 Å². The first kappa shape index (κ1) is 33.7. The number of allylic oxidation sites excluding steroid dienone is 6. The summed E-state index contributed by atoms with van der Waals surface area (Å²) < 4.78 is 7.74. The number of nitrogens with zero attached hydrogens (tertiary/aromatic N) is 2. The van der Waals surface area contributed by atoms with E-state index in [2.05, 4.69) is 23.1 Å². The van der Waals surface area contributed by atoms with Crippen molar-refractivity contribution >= 4 is 35.3 Å². The third-order valence-corrected chi connectivity index (χ3v) is 5.75. The smallest absolute Gasteiger partial charge is 0.204 e. The molecule has 0 saturated heterocycles. The molecule has 0 aliphatic rings. The largest absolute Gasteiger partial charge is 0.489 e. The number of carbonyl (C=O) groups is 1. The van der Waals surface area contributed by atoms with E-state index in [1.807, 2.05) is 111 Å². The van der Waals surface area contributed by atoms with E-state index in [4.69, 9.17) is 32.7 Å². The van der Waals surface area contributed by atoms with Gasteiger partial charge in [-0.1, -0.05) is 73.0 Å². The highest BCUT2D eigenvalue weighted by Gasteiger charge is 2.14. The second kappa shape index (κ2) is 19.7. The van der Waals surface area contributed by atoms with Crippen LogP contribution in [0.4, 0.5) is 0 Å². The topological polar surface area (TPSA) is 82.2 Å². The van der Waals surface area contributed by atoms with Crippen molar-refractivity contribution in [2.45, 2.75) is 47.1 Å². The van der Waals surface area contributed by atoms with Gasteiger partial charge in [0.25, 0.3) is 0 Å². The van der Waals surface area contributed by atoms with Crippen LogP contribution in [0.2, 0.25) is 0 Å². The van der Waals surface area contributed by atoms with Crippen molar-refractivity contribution in [3.05, 3.63) is 100 Å². The van der Waals surface area contributed by atoms with Gasteiger partial charge in [-0.15, -0.1) is 0 Å². The molecule has 0 saturated carbocycles. The molecule has 8 heteroatoms. The summed E-state index contributed by atoms with van der Waals surface area (Å²) in [4.78, 5) is 8.58. The summed E-state index contributed by atoms with van der Waals surface area (Å²) in [6.07, 6.45) is 8.37. The molecule has 0 spiro atoms. The summed E-state index contributed by atoms with van der Waals surface area (Å²) in [6, 6.07) is 20.1. The fraction of sp³-hybridized carbons (Fsp3) is 0.290. The first-order valence-corrected chi connectivity index (χ1v) is 13.6. The number of halogens is 2. The molecule has 0 aliphatic carbocycles. The monoisotopic (exact) mass is 570 g/mol. The molecule has 3 aromatic rings. The van der Waals surface area contributed by atoms with Gasteiger partial charge in [0.2, 0.25) is 6.41 Å². The number of hydrogen-bond acceptors (Lipinski definition) is 4. The van der Waals surface area contributed by atoms with Crippen molar-refractivity contribution in [3.8, 4) is 17.0 Å². The second-order valence-electron chi connectivity index (χ2n) is 8.42. The van der Waals surface area contributed by atoms with Gasteiger partial charge in [0.15, 0.2) is 0 Å². The number of aryl methyl sites for hydroxylation is 1. The highest BCUT2D eigenvalue weighted by molar-refractivity contribution is 6.36. The minimum absolute atomic E-state index is 0.250. The van der Waals surface area contributed by atoms with Crippen LogP contribution in [0.3, 0.4) is 0 Å². The van der Waals surface area contributed by atoms with Gasteiger partial charge in [-0.2, -0.15) is 5.10 Å². The lowest BCUT2D eigenvalue weighted by molar-refractivity contribution is -0.106. The number of hydrogen-bond donors (Lipinski definition) is 2. The van der Waals surface area contributed by atoms with Crippen LogP contribution in [0, 0.1) is 6.92 Å². The zero-order chi connectivity index (χ0) is 29.0. The van der Waals surface area contributed by atoms with E-state index in [-0.39, 0.29) is 6.41 Å². The SMILES string of the molecule is CCCCNC.C\C=C(Cl)/C(=C\C=C(/C)Cl)n1nc(C)cc1-c1ccc(OCc2ccccc2)cc1.NC=O. The normalized spacial score (nSPS) is 11.6. The number of nitrogens with two attached hydrogens (primary N) is 1. The van der Waals surface area contributed by atoms with Crippen LogP contribution in [0.15, 0.2) is 89.0 Å². The summed E-state index contributed by atoms with van der Waals surface area (Å²) >= 11 is 12.5. The molecule has 0 bridgehead atoms. The highest BCUT2D eigenvalue weighted by Crippen LogP contribution is 2.30. The van der Waals surface area contributed by atoms with Crippen molar-refractivity contribution in [2.75, 3.05) is 13.6 Å². The van der Waals surface area contributed by atoms with Crippen LogP contribution < -0.4 is 15.8 Å². The average Bonchev–Trinajstić information content (AvgIpc) is 3.33. The predicted octanol–water partition coefficient (Wildman–Crippen LogP) is 7.67. The van der Waals surface area contributed by atoms with Crippen molar-refractivity contribution in [2.24, 2.45) is 5.73 Å². The Labute approximate surface area is 243 Å². The van der Waals surface area contributed by atoms with E-state index >= 15 is 0 Å². The lowest BCUT2D eigenvalue weighted by Crippen LogP contribution is -2.06. The minimum Gasteiger partial charge on any atom is -0.489 e. The number of carbonyl (C=O) groups excluding carboxylic acids is 1. The van der Waals surface area contributed by atoms with Crippen LogP contribution >= 0.6 is 23.2 Å². The van der Waals surface area contributed by atoms with Gasteiger partial charge < -0.3 is 15.8 Å². The maximum atomic E-state index is 8.58. The van der Waals surface area contributed by atoms with Crippen molar-refractivity contribution < 1.29 is 9.53 Å². The molecule has 0 fully saturated rings. The van der Waals surface area contributed by atoms with Gasteiger partial charge in [-0.25, -0.2) is 4.68 Å². The van der Waals surface area contributed by atoms with E-state index in [0.29, 0.717) is 16.7 Å². The summed E-state index contributed by atoms with van der Waals surface area (Å²) in [7, 11) is 1.98. The number of nitrogens with one attached hydrogen (secondary N) is 1. The molecule has 3 rings (SSSR count). The molecule has 210 valence electrons. The molecule has 2 aromatic carbocycles. The summed E-state index contributed by atoms with van der Waals surface area (Å²) in [6.45, 7) is 9.56. The number of aromatic nitrogens is 2. The second-order valence-corrected chi connectivity index (χ2v) is 9.42. The van der Waals surface area contributed by atoms with E-state index < -0.39 is 0 Å². The van der Waals surface area contributed by atoms with Crippen LogP contribution in [-0.2, 0) is 11.4 Å². The van der Waals surface area contributed by atoms with Crippen LogP contribution in [0.25, 0.3) is 17.0 Å². The quantitative estimate of drug-likeness (QED) is 0.149. The van der Waals surface area contributed by atoms with E-state index in [9.17, 15) is 0 Å². The van der Waals surface area contributed by atoms with Gasteiger partial charge in [-0.05, 0) is 88.8 Å². The predicted molar refractivity (Wildman–Crippen MR) is 166 cm³/mol. The lowest BCUT2D eigenvalue weighted by atomic mass is 10.1. The van der Waals surface area contributed by atoms with Gasteiger partial charge >= 0.3 is 0 Å². The first-order chi connectivity index (χ1) is 18.8. The van der Waals surface area contributed by atoms with Gasteiger partial charge in [0.05, 0.1) is 22.1 Å². The van der Waals surface area contributed by atoms with Gasteiger partial charge in [0, 0.05) is 10.6 Å². The first-order valence-electron chi connectivity index (χ1n) is 12.8. The number of amides is 1. The molecular formula is C31H40Cl2N4O2. The molecule has 0 atom stereocenters. The Morgan fingerprint density at radius 2 is 1.74 bits per heavy atom. The van der Waals surface area contributed by atoms with E-state index in [1.165, 1.54) is 12.8 Å². The molecule has 1 amide bonds. The molecule has 0 radical (unpaired) electrons. The molecule has 1 aromatic heterocycles. The number of primary amides is 1. The fourth-order valence-corrected chi connectivity index (χ4v) is 3.50. The van der Waals surface area contributed by atoms with Crippen molar-refractivity contribution in [3.63, 3.8) is 0 Å². The number of ether oxygens (including phenoxy) is 1. The molecule has 3 N–H and O–H groups in total. The van der Waals surface area contributed by atoms with Crippen molar-refractivity contribution in [1.29, 1.82) is 0 Å². The number of unbranched alkanes of at least 4 members (excludes halogenated alkanes) is 1. The Morgan fingerprint density at radius 1 is 1.10 bits per heavy atom. The highest BCUT2D eigenvalue weighted by atomic mass is 35.5. The van der Waals surface area contributed by atoms with Gasteiger partial charge in [0.1, 0.15) is 12.4 Å². The summed E-state index contributed by atoms with van der Waals surface area (Å²) in [5.74, 6) is 0.813.